The maximum atomic E-state index is 12.6. The van der Waals surface area contributed by atoms with Crippen LogP contribution in [0.1, 0.15) is 49.3 Å². The lowest BCUT2D eigenvalue weighted by atomic mass is 10.1. The molecule has 0 aliphatic carbocycles. The fraction of sp³-hybridized carbons (Fsp3) is 0.444. The van der Waals surface area contributed by atoms with Crippen molar-refractivity contribution >= 4 is 16.9 Å². The number of imidazole rings is 1. The Bertz CT molecular complexity index is 925. The summed E-state index contributed by atoms with van der Waals surface area (Å²) in [5.41, 5.74) is 2.02. The fourth-order valence-corrected chi connectivity index (χ4v) is 4.16. The topological polar surface area (TPSA) is 79.7 Å². The molecule has 0 unspecified atom stereocenters. The number of rotatable bonds is 3. The highest BCUT2D eigenvalue weighted by molar-refractivity contribution is 5.82. The summed E-state index contributed by atoms with van der Waals surface area (Å²) in [4.78, 5) is 22.6. The quantitative estimate of drug-likeness (QED) is 0.795. The molecule has 1 fully saturated rings. The van der Waals surface area contributed by atoms with Crippen LogP contribution in [0.3, 0.4) is 0 Å². The van der Waals surface area contributed by atoms with E-state index >= 15 is 0 Å². The second kappa shape index (κ2) is 5.40. The Labute approximate surface area is 145 Å². The number of aromatic amines is 1. The van der Waals surface area contributed by atoms with E-state index in [0.717, 1.165) is 60.7 Å². The summed E-state index contributed by atoms with van der Waals surface area (Å²) < 4.78 is 2.05. The van der Waals surface area contributed by atoms with Crippen molar-refractivity contribution in [1.82, 2.24) is 29.6 Å². The molecule has 4 heterocycles. The fourth-order valence-electron chi connectivity index (χ4n) is 4.16. The first-order valence-corrected chi connectivity index (χ1v) is 8.90. The number of aryl methyl sites for hydroxylation is 2. The predicted octanol–water partition coefficient (Wildman–Crippen LogP) is 2.18. The van der Waals surface area contributed by atoms with E-state index in [1.54, 1.807) is 0 Å². The molecule has 1 amide bonds. The molecule has 2 aromatic heterocycles. The van der Waals surface area contributed by atoms with Crippen molar-refractivity contribution in [2.75, 3.05) is 6.54 Å². The van der Waals surface area contributed by atoms with Crippen molar-refractivity contribution in [3.8, 4) is 0 Å². The van der Waals surface area contributed by atoms with Crippen LogP contribution in [-0.2, 0) is 17.6 Å². The minimum absolute atomic E-state index is 0.108. The van der Waals surface area contributed by atoms with Gasteiger partial charge in [-0.05, 0) is 31.9 Å². The van der Waals surface area contributed by atoms with E-state index in [-0.39, 0.29) is 18.0 Å². The summed E-state index contributed by atoms with van der Waals surface area (Å²) in [5, 5.41) is 8.83. The number of nitrogens with zero attached hydrogens (tertiary/aromatic N) is 5. The first-order chi connectivity index (χ1) is 12.2. The number of carbonyl (C=O) groups is 1. The third kappa shape index (κ3) is 2.18. The van der Waals surface area contributed by atoms with Gasteiger partial charge in [0.1, 0.15) is 17.7 Å². The zero-order valence-electron chi connectivity index (χ0n) is 14.1. The van der Waals surface area contributed by atoms with Crippen LogP contribution in [0.25, 0.3) is 11.0 Å². The highest BCUT2D eigenvalue weighted by Gasteiger charge is 2.42. The highest BCUT2D eigenvalue weighted by atomic mass is 16.2. The normalized spacial score (nSPS) is 22.4. The van der Waals surface area contributed by atoms with Gasteiger partial charge in [-0.1, -0.05) is 12.1 Å². The Kier molecular flexibility index (Phi) is 3.16. The van der Waals surface area contributed by atoms with Gasteiger partial charge in [-0.25, -0.2) is 4.98 Å². The number of hydrogen-bond donors (Lipinski definition) is 1. The van der Waals surface area contributed by atoms with Crippen LogP contribution in [0.2, 0.25) is 0 Å². The zero-order valence-corrected chi connectivity index (χ0v) is 14.1. The van der Waals surface area contributed by atoms with Gasteiger partial charge in [0.05, 0.1) is 17.1 Å². The number of benzene rings is 1. The van der Waals surface area contributed by atoms with Gasteiger partial charge in [0.2, 0.25) is 5.91 Å². The van der Waals surface area contributed by atoms with Gasteiger partial charge in [-0.2, -0.15) is 0 Å². The molecule has 0 radical (unpaired) electrons. The first-order valence-electron chi connectivity index (χ1n) is 8.90. The van der Waals surface area contributed by atoms with Crippen LogP contribution in [-0.4, -0.2) is 42.1 Å². The van der Waals surface area contributed by atoms with E-state index in [9.17, 15) is 4.79 Å². The smallest absolute Gasteiger partial charge is 0.246 e. The minimum Gasteiger partial charge on any atom is -0.342 e. The Balaban J connectivity index is 1.43. The average molecular weight is 336 g/mol. The molecule has 3 aromatic rings. The molecule has 1 saturated heterocycles. The third-order valence-corrected chi connectivity index (χ3v) is 5.40. The first kappa shape index (κ1) is 14.6. The van der Waals surface area contributed by atoms with Crippen LogP contribution in [0, 0.1) is 0 Å². The molecule has 0 spiro atoms. The molecule has 0 saturated carbocycles. The van der Waals surface area contributed by atoms with E-state index in [1.165, 1.54) is 0 Å². The third-order valence-electron chi connectivity index (χ3n) is 5.40. The maximum Gasteiger partial charge on any atom is 0.246 e. The lowest BCUT2D eigenvalue weighted by Gasteiger charge is -2.34. The number of carbonyl (C=O) groups excluding carboxylic acids is 1. The molecule has 1 aromatic carbocycles. The number of fused-ring (bicyclic) bond motifs is 4. The largest absolute Gasteiger partial charge is 0.342 e. The second-order valence-corrected chi connectivity index (χ2v) is 6.91. The molecular formula is C18H20N6O. The molecule has 1 N–H and O–H groups in total. The summed E-state index contributed by atoms with van der Waals surface area (Å²) in [6.07, 6.45) is 3.50. The Morgan fingerprint density at radius 2 is 2.12 bits per heavy atom. The summed E-state index contributed by atoms with van der Waals surface area (Å²) >= 11 is 0. The van der Waals surface area contributed by atoms with Gasteiger partial charge in [-0.3, -0.25) is 4.79 Å². The van der Waals surface area contributed by atoms with E-state index in [1.807, 2.05) is 36.1 Å². The molecule has 2 aliphatic rings. The van der Waals surface area contributed by atoms with Gasteiger partial charge in [0.15, 0.2) is 5.82 Å². The van der Waals surface area contributed by atoms with Crippen LogP contribution < -0.4 is 0 Å². The standard InChI is InChI=1S/C18H20N6O/c1-11-18(25)23-10-4-7-14(23)17-22-21-16(24(11)17)9-8-15-19-12-5-2-3-6-13(12)20-15/h2-3,5-6,11,14H,4,7-10H2,1H3,(H,19,20)/t11-,14+/m0/s1. The van der Waals surface area contributed by atoms with Gasteiger partial charge >= 0.3 is 0 Å². The Morgan fingerprint density at radius 1 is 1.24 bits per heavy atom. The van der Waals surface area contributed by atoms with Crippen LogP contribution >= 0.6 is 0 Å². The molecular weight excluding hydrogens is 316 g/mol. The van der Waals surface area contributed by atoms with Crippen molar-refractivity contribution in [2.45, 2.75) is 44.7 Å². The Hall–Kier alpha value is -2.70. The zero-order chi connectivity index (χ0) is 17.0. The molecule has 25 heavy (non-hydrogen) atoms. The van der Waals surface area contributed by atoms with Crippen molar-refractivity contribution in [3.63, 3.8) is 0 Å². The van der Waals surface area contributed by atoms with Crippen LogP contribution in [0.4, 0.5) is 0 Å². The van der Waals surface area contributed by atoms with E-state index in [0.29, 0.717) is 0 Å². The average Bonchev–Trinajstić information content (AvgIpc) is 3.33. The molecule has 2 atom stereocenters. The predicted molar refractivity (Wildman–Crippen MR) is 91.9 cm³/mol. The van der Waals surface area contributed by atoms with Crippen molar-refractivity contribution in [1.29, 1.82) is 0 Å². The lowest BCUT2D eigenvalue weighted by molar-refractivity contribution is -0.137. The lowest BCUT2D eigenvalue weighted by Crippen LogP contribution is -2.42. The molecule has 7 nitrogen and oxygen atoms in total. The Morgan fingerprint density at radius 3 is 3.00 bits per heavy atom. The number of nitrogens with one attached hydrogen (secondary N) is 1. The van der Waals surface area contributed by atoms with Gasteiger partial charge in [-0.15, -0.1) is 10.2 Å². The van der Waals surface area contributed by atoms with E-state index in [2.05, 4.69) is 24.7 Å². The van der Waals surface area contributed by atoms with Gasteiger partial charge in [0.25, 0.3) is 0 Å². The number of H-pyrrole nitrogens is 1. The summed E-state index contributed by atoms with van der Waals surface area (Å²) in [6.45, 7) is 2.80. The van der Waals surface area contributed by atoms with Crippen molar-refractivity contribution in [2.24, 2.45) is 0 Å². The molecule has 2 aliphatic heterocycles. The SMILES string of the molecule is C[C@H]1C(=O)N2CCC[C@@H]2c2nnc(CCc3nc4ccccc4[nH]3)n21. The number of para-hydroxylation sites is 2. The molecule has 0 bridgehead atoms. The van der Waals surface area contributed by atoms with Crippen molar-refractivity contribution < 1.29 is 4.79 Å². The second-order valence-electron chi connectivity index (χ2n) is 6.91. The van der Waals surface area contributed by atoms with E-state index in [4.69, 9.17) is 0 Å². The van der Waals surface area contributed by atoms with Gasteiger partial charge < -0.3 is 14.5 Å². The summed E-state index contributed by atoms with van der Waals surface area (Å²) in [5.74, 6) is 2.96. The number of aromatic nitrogens is 5. The van der Waals surface area contributed by atoms with Crippen LogP contribution in [0.5, 0.6) is 0 Å². The number of hydrogen-bond acceptors (Lipinski definition) is 4. The van der Waals surface area contributed by atoms with E-state index < -0.39 is 0 Å². The van der Waals surface area contributed by atoms with Crippen LogP contribution in [0.15, 0.2) is 24.3 Å². The number of amides is 1. The summed E-state index contributed by atoms with van der Waals surface area (Å²) in [7, 11) is 0. The minimum atomic E-state index is -0.218. The highest BCUT2D eigenvalue weighted by Crippen LogP contribution is 2.38. The molecule has 7 heteroatoms. The molecule has 5 rings (SSSR count). The van der Waals surface area contributed by atoms with Gasteiger partial charge in [0, 0.05) is 19.4 Å². The maximum absolute atomic E-state index is 12.6. The van der Waals surface area contributed by atoms with Crippen molar-refractivity contribution in [3.05, 3.63) is 41.7 Å². The monoisotopic (exact) mass is 336 g/mol. The summed E-state index contributed by atoms with van der Waals surface area (Å²) in [6, 6.07) is 7.91. The molecule has 128 valence electrons.